The molecule has 2 heterocycles. The van der Waals surface area contributed by atoms with Crippen LogP contribution in [0.25, 0.3) is 0 Å². The molecule has 0 radical (unpaired) electrons. The van der Waals surface area contributed by atoms with Gasteiger partial charge in [-0.15, -0.1) is 0 Å². The highest BCUT2D eigenvalue weighted by Gasteiger charge is 2.22. The minimum absolute atomic E-state index is 0.334. The molecule has 1 fully saturated rings. The first kappa shape index (κ1) is 19.5. The van der Waals surface area contributed by atoms with Crippen molar-refractivity contribution in [1.82, 2.24) is 14.5 Å². The van der Waals surface area contributed by atoms with E-state index in [1.165, 1.54) is 49.1 Å². The average Bonchev–Trinajstić information content (AvgIpc) is 3.35. The minimum Gasteiger partial charge on any atom is -0.491 e. The maximum absolute atomic E-state index is 10.5. The molecule has 0 amide bonds. The molecule has 0 spiro atoms. The molecule has 152 valence electrons. The van der Waals surface area contributed by atoms with E-state index in [2.05, 4.69) is 32.7 Å². The number of aromatic nitrogens is 2. The molecular weight excluding hydrogens is 350 g/mol. The standard InChI is InChI=1S/C23H33N3O2/c1-25-17-24-22-11-12-26(15-23(22)25)14-20(27)16-28-21-8-4-7-19(13-21)10-9-18-5-2-3-6-18/h4,7-8,13,17-18,20,27H,2-3,5-6,9-12,14-16H2,1H3/t20-/m1/s1. The van der Waals surface area contributed by atoms with E-state index in [1.807, 2.05) is 19.4 Å². The number of aryl methyl sites for hydroxylation is 2. The number of benzene rings is 1. The summed E-state index contributed by atoms with van der Waals surface area (Å²) < 4.78 is 7.99. The predicted molar refractivity (Wildman–Crippen MR) is 110 cm³/mol. The number of aliphatic hydroxyl groups is 1. The average molecular weight is 384 g/mol. The van der Waals surface area contributed by atoms with Gasteiger partial charge in [0.15, 0.2) is 0 Å². The zero-order valence-corrected chi connectivity index (χ0v) is 17.0. The van der Waals surface area contributed by atoms with Gasteiger partial charge >= 0.3 is 0 Å². The molecule has 4 rings (SSSR count). The lowest BCUT2D eigenvalue weighted by Gasteiger charge is -2.28. The number of imidazole rings is 1. The minimum atomic E-state index is -0.489. The van der Waals surface area contributed by atoms with Crippen LogP contribution in [0.15, 0.2) is 30.6 Å². The SMILES string of the molecule is Cn1cnc2c1CN(C[C@@H](O)COc1cccc(CCC3CCCC3)c1)CC2. The monoisotopic (exact) mass is 383 g/mol. The second kappa shape index (κ2) is 9.10. The molecule has 5 nitrogen and oxygen atoms in total. The number of fused-ring (bicyclic) bond motifs is 1. The van der Waals surface area contributed by atoms with E-state index in [0.717, 1.165) is 37.6 Å². The van der Waals surface area contributed by atoms with Crippen molar-refractivity contribution in [2.75, 3.05) is 19.7 Å². The summed E-state index contributed by atoms with van der Waals surface area (Å²) in [4.78, 5) is 6.73. The smallest absolute Gasteiger partial charge is 0.119 e. The van der Waals surface area contributed by atoms with E-state index in [1.54, 1.807) is 0 Å². The molecule has 1 saturated carbocycles. The predicted octanol–water partition coefficient (Wildman–Crippen LogP) is 3.34. The molecule has 1 N–H and O–H groups in total. The quantitative estimate of drug-likeness (QED) is 0.760. The Morgan fingerprint density at radius 1 is 1.29 bits per heavy atom. The molecule has 0 bridgehead atoms. The highest BCUT2D eigenvalue weighted by Crippen LogP contribution is 2.29. The van der Waals surface area contributed by atoms with E-state index in [4.69, 9.17) is 4.74 Å². The number of hydrogen-bond acceptors (Lipinski definition) is 4. The summed E-state index contributed by atoms with van der Waals surface area (Å²) in [7, 11) is 2.04. The molecule has 0 unspecified atom stereocenters. The zero-order valence-electron chi connectivity index (χ0n) is 17.0. The largest absolute Gasteiger partial charge is 0.491 e. The van der Waals surface area contributed by atoms with Gasteiger partial charge in [0.2, 0.25) is 0 Å². The summed E-state index contributed by atoms with van der Waals surface area (Å²) in [5.74, 6) is 1.78. The van der Waals surface area contributed by atoms with Gasteiger partial charge in [0.05, 0.1) is 17.7 Å². The Bertz CT molecular complexity index is 767. The Kier molecular flexibility index (Phi) is 6.33. The Balaban J connectivity index is 1.23. The summed E-state index contributed by atoms with van der Waals surface area (Å²) in [6.45, 7) is 2.75. The first-order valence-electron chi connectivity index (χ1n) is 10.8. The van der Waals surface area contributed by atoms with E-state index in [9.17, 15) is 5.11 Å². The summed E-state index contributed by atoms with van der Waals surface area (Å²) in [6, 6.07) is 8.40. The van der Waals surface area contributed by atoms with Crippen LogP contribution < -0.4 is 4.74 Å². The van der Waals surface area contributed by atoms with Crippen LogP contribution in [-0.4, -0.2) is 45.4 Å². The van der Waals surface area contributed by atoms with Gasteiger partial charge in [-0.1, -0.05) is 37.8 Å². The molecular formula is C23H33N3O2. The Hall–Kier alpha value is -1.85. The maximum Gasteiger partial charge on any atom is 0.119 e. The second-order valence-electron chi connectivity index (χ2n) is 8.54. The molecule has 1 aliphatic carbocycles. The van der Waals surface area contributed by atoms with Crippen LogP contribution in [0.4, 0.5) is 0 Å². The van der Waals surface area contributed by atoms with Crippen LogP contribution in [-0.2, 0) is 26.4 Å². The van der Waals surface area contributed by atoms with Gasteiger partial charge in [0.25, 0.3) is 0 Å². The fourth-order valence-electron chi connectivity index (χ4n) is 4.63. The Labute approximate surface area is 168 Å². The summed E-state index contributed by atoms with van der Waals surface area (Å²) in [5.41, 5.74) is 3.80. The van der Waals surface area contributed by atoms with Crippen molar-refractivity contribution in [3.63, 3.8) is 0 Å². The number of β-amino-alcohol motifs (C(OH)–C–C–N with tert-alkyl or cyclic N) is 1. The van der Waals surface area contributed by atoms with Gasteiger partial charge < -0.3 is 14.4 Å². The molecule has 0 saturated heterocycles. The van der Waals surface area contributed by atoms with Crippen molar-refractivity contribution in [3.05, 3.63) is 47.5 Å². The van der Waals surface area contributed by atoms with Gasteiger partial charge in [-0.3, -0.25) is 4.90 Å². The first-order chi connectivity index (χ1) is 13.7. The fourth-order valence-corrected chi connectivity index (χ4v) is 4.63. The Morgan fingerprint density at radius 3 is 3.00 bits per heavy atom. The molecule has 1 aliphatic heterocycles. The summed E-state index contributed by atoms with van der Waals surface area (Å²) >= 11 is 0. The van der Waals surface area contributed by atoms with Crippen molar-refractivity contribution >= 4 is 0 Å². The molecule has 28 heavy (non-hydrogen) atoms. The lowest BCUT2D eigenvalue weighted by atomic mass is 9.98. The lowest BCUT2D eigenvalue weighted by molar-refractivity contribution is 0.0628. The number of nitrogens with zero attached hydrogens (tertiary/aromatic N) is 3. The van der Waals surface area contributed by atoms with Crippen LogP contribution >= 0.6 is 0 Å². The van der Waals surface area contributed by atoms with Crippen molar-refractivity contribution in [3.8, 4) is 5.75 Å². The molecule has 1 aromatic heterocycles. The van der Waals surface area contributed by atoms with Crippen LogP contribution in [0.2, 0.25) is 0 Å². The van der Waals surface area contributed by atoms with E-state index < -0.39 is 6.10 Å². The molecule has 2 aliphatic rings. The van der Waals surface area contributed by atoms with Crippen molar-refractivity contribution in [2.45, 2.75) is 57.6 Å². The van der Waals surface area contributed by atoms with Crippen LogP contribution in [0.3, 0.4) is 0 Å². The van der Waals surface area contributed by atoms with E-state index in [0.29, 0.717) is 13.2 Å². The molecule has 1 aromatic carbocycles. The second-order valence-corrected chi connectivity index (χ2v) is 8.54. The third kappa shape index (κ3) is 4.95. The van der Waals surface area contributed by atoms with Gasteiger partial charge in [-0.25, -0.2) is 4.98 Å². The highest BCUT2D eigenvalue weighted by molar-refractivity contribution is 5.28. The van der Waals surface area contributed by atoms with Crippen molar-refractivity contribution < 1.29 is 9.84 Å². The van der Waals surface area contributed by atoms with E-state index in [-0.39, 0.29) is 0 Å². The molecule has 2 aromatic rings. The van der Waals surface area contributed by atoms with Gasteiger partial charge in [0.1, 0.15) is 18.5 Å². The normalized spacial score (nSPS) is 18.9. The van der Waals surface area contributed by atoms with Crippen LogP contribution in [0.5, 0.6) is 5.75 Å². The third-order valence-electron chi connectivity index (χ3n) is 6.31. The third-order valence-corrected chi connectivity index (χ3v) is 6.31. The number of rotatable bonds is 8. The Morgan fingerprint density at radius 2 is 2.14 bits per heavy atom. The van der Waals surface area contributed by atoms with Gasteiger partial charge in [-0.2, -0.15) is 0 Å². The van der Waals surface area contributed by atoms with E-state index >= 15 is 0 Å². The zero-order chi connectivity index (χ0) is 19.3. The lowest BCUT2D eigenvalue weighted by Crippen LogP contribution is -2.39. The number of ether oxygens (including phenoxy) is 1. The topological polar surface area (TPSA) is 50.5 Å². The number of aliphatic hydroxyl groups excluding tert-OH is 1. The van der Waals surface area contributed by atoms with Crippen molar-refractivity contribution in [1.29, 1.82) is 0 Å². The fraction of sp³-hybridized carbons (Fsp3) is 0.609. The summed E-state index contributed by atoms with van der Waals surface area (Å²) in [5, 5.41) is 10.5. The highest BCUT2D eigenvalue weighted by atomic mass is 16.5. The summed E-state index contributed by atoms with van der Waals surface area (Å²) in [6.07, 6.45) is 10.4. The maximum atomic E-state index is 10.5. The van der Waals surface area contributed by atoms with Crippen LogP contribution in [0, 0.1) is 5.92 Å². The molecule has 5 heteroatoms. The number of hydrogen-bond donors (Lipinski definition) is 1. The molecule has 1 atom stereocenters. The first-order valence-corrected chi connectivity index (χ1v) is 10.8. The van der Waals surface area contributed by atoms with Crippen molar-refractivity contribution in [2.24, 2.45) is 13.0 Å². The van der Waals surface area contributed by atoms with Gasteiger partial charge in [0, 0.05) is 33.1 Å². The van der Waals surface area contributed by atoms with Crippen LogP contribution in [0.1, 0.15) is 49.1 Å². The van der Waals surface area contributed by atoms with Gasteiger partial charge in [-0.05, 0) is 36.5 Å².